The van der Waals surface area contributed by atoms with Gasteiger partial charge in [0.2, 0.25) is 0 Å². The van der Waals surface area contributed by atoms with Crippen molar-refractivity contribution in [2.24, 2.45) is 5.73 Å². The van der Waals surface area contributed by atoms with Crippen LogP contribution in [0.4, 0.5) is 8.78 Å². The van der Waals surface area contributed by atoms with Crippen molar-refractivity contribution < 1.29 is 13.5 Å². The minimum Gasteiger partial charge on any atom is -0.497 e. The summed E-state index contributed by atoms with van der Waals surface area (Å²) in [6.07, 6.45) is 0. The van der Waals surface area contributed by atoms with E-state index in [-0.39, 0.29) is 5.56 Å². The highest BCUT2D eigenvalue weighted by molar-refractivity contribution is 5.30. The van der Waals surface area contributed by atoms with E-state index in [2.05, 4.69) is 0 Å². The van der Waals surface area contributed by atoms with Crippen LogP contribution in [-0.2, 0) is 0 Å². The number of ether oxygens (including phenoxy) is 1. The molecule has 0 aliphatic rings. The van der Waals surface area contributed by atoms with Crippen molar-refractivity contribution in [3.63, 3.8) is 0 Å². The van der Waals surface area contributed by atoms with E-state index >= 15 is 0 Å². The van der Waals surface area contributed by atoms with Crippen LogP contribution in [0.25, 0.3) is 0 Å². The lowest BCUT2D eigenvalue weighted by Gasteiger charge is -2.09. The zero-order valence-corrected chi connectivity index (χ0v) is 7.26. The average molecular weight is 187 g/mol. The fourth-order valence-electron chi connectivity index (χ4n) is 1.02. The highest BCUT2D eigenvalue weighted by atomic mass is 19.1. The molecule has 0 heterocycles. The third-order valence-electron chi connectivity index (χ3n) is 1.77. The van der Waals surface area contributed by atoms with Crippen LogP contribution in [0, 0.1) is 5.82 Å². The van der Waals surface area contributed by atoms with Crippen molar-refractivity contribution in [3.05, 3.63) is 29.6 Å². The molecule has 13 heavy (non-hydrogen) atoms. The number of methoxy groups -OCH3 is 1. The van der Waals surface area contributed by atoms with Gasteiger partial charge in [0.05, 0.1) is 13.2 Å². The van der Waals surface area contributed by atoms with Gasteiger partial charge in [0, 0.05) is 11.6 Å². The fourth-order valence-corrected chi connectivity index (χ4v) is 1.02. The number of hydrogen-bond acceptors (Lipinski definition) is 2. The first-order chi connectivity index (χ1) is 6.19. The summed E-state index contributed by atoms with van der Waals surface area (Å²) >= 11 is 0. The molecule has 0 bridgehead atoms. The van der Waals surface area contributed by atoms with Crippen LogP contribution >= 0.6 is 0 Å². The average Bonchev–Trinajstić information content (AvgIpc) is 2.16. The minimum atomic E-state index is -0.897. The zero-order chi connectivity index (χ0) is 9.84. The lowest BCUT2D eigenvalue weighted by molar-refractivity contribution is 0.405. The van der Waals surface area contributed by atoms with Gasteiger partial charge < -0.3 is 10.5 Å². The Morgan fingerprint density at radius 2 is 2.23 bits per heavy atom. The van der Waals surface area contributed by atoms with Crippen molar-refractivity contribution >= 4 is 0 Å². The van der Waals surface area contributed by atoms with Crippen LogP contribution < -0.4 is 10.5 Å². The molecule has 0 radical (unpaired) electrons. The van der Waals surface area contributed by atoms with E-state index in [0.29, 0.717) is 5.75 Å². The monoisotopic (exact) mass is 187 g/mol. The predicted octanol–water partition coefficient (Wildman–Crippen LogP) is 1.80. The molecule has 0 fully saturated rings. The third kappa shape index (κ3) is 2.15. The quantitative estimate of drug-likeness (QED) is 0.783. The van der Waals surface area contributed by atoms with E-state index in [1.54, 1.807) is 6.07 Å². The molecule has 72 valence electrons. The number of alkyl halides is 1. The Morgan fingerprint density at radius 1 is 1.54 bits per heavy atom. The van der Waals surface area contributed by atoms with Crippen LogP contribution in [0.1, 0.15) is 11.6 Å². The molecule has 0 amide bonds. The molecule has 1 aromatic rings. The van der Waals surface area contributed by atoms with Gasteiger partial charge in [-0.3, -0.25) is 0 Å². The molecule has 2 N–H and O–H groups in total. The second-order valence-corrected chi connectivity index (χ2v) is 2.65. The Labute approximate surface area is 75.3 Å². The smallest absolute Gasteiger partial charge is 0.131 e. The predicted molar refractivity (Wildman–Crippen MR) is 45.9 cm³/mol. The Kier molecular flexibility index (Phi) is 3.19. The molecule has 2 nitrogen and oxygen atoms in total. The molecule has 0 aromatic heterocycles. The molecule has 4 heteroatoms. The van der Waals surface area contributed by atoms with E-state index in [1.165, 1.54) is 19.2 Å². The molecule has 1 rings (SSSR count). The van der Waals surface area contributed by atoms with E-state index in [9.17, 15) is 8.78 Å². The first kappa shape index (κ1) is 9.92. The number of halogens is 2. The summed E-state index contributed by atoms with van der Waals surface area (Å²) in [5.41, 5.74) is 5.50. The highest BCUT2D eigenvalue weighted by Crippen LogP contribution is 2.20. The van der Waals surface area contributed by atoms with Crippen molar-refractivity contribution in [1.82, 2.24) is 0 Å². The van der Waals surface area contributed by atoms with E-state index in [1.807, 2.05) is 0 Å². The Morgan fingerprint density at radius 3 is 2.69 bits per heavy atom. The zero-order valence-electron chi connectivity index (χ0n) is 7.26. The van der Waals surface area contributed by atoms with E-state index in [0.717, 1.165) is 0 Å². The maximum absolute atomic E-state index is 13.1. The lowest BCUT2D eigenvalue weighted by Crippen LogP contribution is -2.13. The van der Waals surface area contributed by atoms with Gasteiger partial charge in [-0.1, -0.05) is 6.07 Å². The standard InChI is InChI=1S/C9H11F2NO/c1-13-6-2-3-7(8(11)4-6)9(12)5-10/h2-4,9H,5,12H2,1H3/t9-/m0/s1. The normalized spacial score (nSPS) is 12.6. The highest BCUT2D eigenvalue weighted by Gasteiger charge is 2.11. The van der Waals surface area contributed by atoms with Gasteiger partial charge in [-0.25, -0.2) is 8.78 Å². The molecule has 0 saturated carbocycles. The van der Waals surface area contributed by atoms with Crippen LogP contribution in [0.2, 0.25) is 0 Å². The maximum Gasteiger partial charge on any atom is 0.131 e. The molecule has 0 saturated heterocycles. The molecular formula is C9H11F2NO. The summed E-state index contributed by atoms with van der Waals surface area (Å²) in [5, 5.41) is 0. The van der Waals surface area contributed by atoms with Crippen LogP contribution in [0.15, 0.2) is 18.2 Å². The third-order valence-corrected chi connectivity index (χ3v) is 1.77. The van der Waals surface area contributed by atoms with Crippen molar-refractivity contribution in [3.8, 4) is 5.75 Å². The summed E-state index contributed by atoms with van der Waals surface area (Å²) in [4.78, 5) is 0. The first-order valence-electron chi connectivity index (χ1n) is 3.84. The number of nitrogens with two attached hydrogens (primary N) is 1. The summed E-state index contributed by atoms with van der Waals surface area (Å²) in [5.74, 6) is -0.142. The second-order valence-electron chi connectivity index (χ2n) is 2.65. The van der Waals surface area contributed by atoms with Crippen molar-refractivity contribution in [2.45, 2.75) is 6.04 Å². The Balaban J connectivity index is 2.98. The van der Waals surface area contributed by atoms with Gasteiger partial charge >= 0.3 is 0 Å². The molecule has 1 aromatic carbocycles. The van der Waals surface area contributed by atoms with Crippen LogP contribution in [0.5, 0.6) is 5.75 Å². The molecule has 0 aliphatic heterocycles. The number of benzene rings is 1. The lowest BCUT2D eigenvalue weighted by atomic mass is 10.1. The molecule has 1 atom stereocenters. The van der Waals surface area contributed by atoms with Gasteiger partial charge in [-0.05, 0) is 6.07 Å². The molecule has 0 aliphatic carbocycles. The molecule has 0 spiro atoms. The summed E-state index contributed by atoms with van der Waals surface area (Å²) < 4.78 is 30.0. The van der Waals surface area contributed by atoms with Gasteiger partial charge in [0.1, 0.15) is 18.2 Å². The van der Waals surface area contributed by atoms with Gasteiger partial charge in [0.25, 0.3) is 0 Å². The van der Waals surface area contributed by atoms with Crippen LogP contribution in [0.3, 0.4) is 0 Å². The van der Waals surface area contributed by atoms with E-state index in [4.69, 9.17) is 10.5 Å². The summed E-state index contributed by atoms with van der Waals surface area (Å²) in [6, 6.07) is 3.27. The van der Waals surface area contributed by atoms with Gasteiger partial charge in [-0.2, -0.15) is 0 Å². The van der Waals surface area contributed by atoms with Crippen molar-refractivity contribution in [2.75, 3.05) is 13.8 Å². The summed E-state index contributed by atoms with van der Waals surface area (Å²) in [7, 11) is 1.43. The number of rotatable bonds is 3. The largest absolute Gasteiger partial charge is 0.497 e. The maximum atomic E-state index is 13.1. The topological polar surface area (TPSA) is 35.2 Å². The second kappa shape index (κ2) is 4.18. The fraction of sp³-hybridized carbons (Fsp3) is 0.333. The van der Waals surface area contributed by atoms with Gasteiger partial charge in [0.15, 0.2) is 0 Å². The summed E-state index contributed by atoms with van der Waals surface area (Å²) in [6.45, 7) is -0.775. The van der Waals surface area contributed by atoms with Crippen molar-refractivity contribution in [1.29, 1.82) is 0 Å². The molecule has 0 unspecified atom stereocenters. The van der Waals surface area contributed by atoms with E-state index < -0.39 is 18.5 Å². The SMILES string of the molecule is COc1ccc([C@@H](N)CF)c(F)c1. The Bertz CT molecular complexity index is 291. The van der Waals surface area contributed by atoms with Gasteiger partial charge in [-0.15, -0.1) is 0 Å². The Hall–Kier alpha value is -1.16. The first-order valence-corrected chi connectivity index (χ1v) is 3.84. The molecular weight excluding hydrogens is 176 g/mol. The number of hydrogen-bond donors (Lipinski definition) is 1. The minimum absolute atomic E-state index is 0.170. The van der Waals surface area contributed by atoms with Crippen LogP contribution in [-0.4, -0.2) is 13.8 Å².